The maximum Gasteiger partial charge on any atom is 0.231 e. The molecule has 1 fully saturated rings. The monoisotopic (exact) mass is 408 g/mol. The maximum atomic E-state index is 13.0. The fourth-order valence-corrected chi connectivity index (χ4v) is 4.07. The second-order valence-corrected chi connectivity index (χ2v) is 8.52. The van der Waals surface area contributed by atoms with E-state index in [2.05, 4.69) is 5.32 Å². The van der Waals surface area contributed by atoms with Crippen LogP contribution in [0.2, 0.25) is 0 Å². The number of piperidine rings is 1. The van der Waals surface area contributed by atoms with E-state index in [4.69, 9.17) is 9.47 Å². The number of ether oxygens (including phenoxy) is 2. The Labute approximate surface area is 177 Å². The summed E-state index contributed by atoms with van der Waals surface area (Å²) in [5.41, 5.74) is 1.39. The van der Waals surface area contributed by atoms with Crippen molar-refractivity contribution in [2.45, 2.75) is 38.6 Å². The maximum absolute atomic E-state index is 13.0. The smallest absolute Gasteiger partial charge is 0.231 e. The van der Waals surface area contributed by atoms with Crippen molar-refractivity contribution >= 4 is 11.8 Å². The van der Waals surface area contributed by atoms with Crippen LogP contribution >= 0.6 is 0 Å². The van der Waals surface area contributed by atoms with E-state index in [0.29, 0.717) is 25.3 Å². The molecule has 158 valence electrons. The van der Waals surface area contributed by atoms with Crippen LogP contribution in [-0.4, -0.2) is 36.6 Å². The zero-order chi connectivity index (χ0) is 21.1. The lowest BCUT2D eigenvalue weighted by Crippen LogP contribution is -2.50. The minimum Gasteiger partial charge on any atom is -0.454 e. The highest BCUT2D eigenvalue weighted by atomic mass is 16.7. The molecule has 0 bridgehead atoms. The molecule has 6 nitrogen and oxygen atoms in total. The number of nitrogens with one attached hydrogen (secondary N) is 1. The number of carbonyl (C=O) groups is 2. The van der Waals surface area contributed by atoms with Crippen LogP contribution in [0.15, 0.2) is 48.5 Å². The number of benzene rings is 2. The highest BCUT2D eigenvalue weighted by molar-refractivity contribution is 5.83. The molecule has 2 aromatic carbocycles. The van der Waals surface area contributed by atoms with Gasteiger partial charge in [-0.05, 0) is 49.9 Å². The van der Waals surface area contributed by atoms with Gasteiger partial charge in [-0.2, -0.15) is 0 Å². The van der Waals surface area contributed by atoms with Crippen LogP contribution in [0.1, 0.15) is 37.8 Å². The zero-order valence-electron chi connectivity index (χ0n) is 17.5. The Balaban J connectivity index is 1.38. The van der Waals surface area contributed by atoms with E-state index in [1.165, 1.54) is 0 Å². The van der Waals surface area contributed by atoms with Crippen molar-refractivity contribution < 1.29 is 19.1 Å². The summed E-state index contributed by atoms with van der Waals surface area (Å²) in [6.45, 7) is 5.35. The summed E-state index contributed by atoms with van der Waals surface area (Å²) in [5.74, 6) is 1.28. The number of fused-ring (bicyclic) bond motifs is 1. The Kier molecular flexibility index (Phi) is 5.66. The Morgan fingerprint density at radius 2 is 1.87 bits per heavy atom. The molecule has 2 amide bonds. The zero-order valence-corrected chi connectivity index (χ0v) is 17.5. The first-order valence-electron chi connectivity index (χ1n) is 10.5. The van der Waals surface area contributed by atoms with Gasteiger partial charge in [0.15, 0.2) is 11.5 Å². The predicted octanol–water partition coefficient (Wildman–Crippen LogP) is 3.25. The summed E-state index contributed by atoms with van der Waals surface area (Å²) in [5, 5.41) is 3.17. The quantitative estimate of drug-likeness (QED) is 0.825. The average Bonchev–Trinajstić information content (AvgIpc) is 3.22. The number of rotatable bonds is 5. The van der Waals surface area contributed by atoms with Crippen LogP contribution in [0.3, 0.4) is 0 Å². The van der Waals surface area contributed by atoms with Crippen LogP contribution in [0, 0.1) is 5.92 Å². The molecule has 0 aromatic heterocycles. The van der Waals surface area contributed by atoms with Gasteiger partial charge in [0.1, 0.15) is 0 Å². The van der Waals surface area contributed by atoms with Crippen molar-refractivity contribution in [3.63, 3.8) is 0 Å². The van der Waals surface area contributed by atoms with Crippen molar-refractivity contribution in [1.82, 2.24) is 10.2 Å². The second-order valence-electron chi connectivity index (χ2n) is 8.52. The van der Waals surface area contributed by atoms with Crippen molar-refractivity contribution in [3.8, 4) is 11.5 Å². The highest BCUT2D eigenvalue weighted by Gasteiger charge is 2.32. The summed E-state index contributed by atoms with van der Waals surface area (Å²) >= 11 is 0. The largest absolute Gasteiger partial charge is 0.454 e. The van der Waals surface area contributed by atoms with Crippen molar-refractivity contribution in [2.24, 2.45) is 5.92 Å². The summed E-state index contributed by atoms with van der Waals surface area (Å²) in [4.78, 5) is 27.6. The molecule has 0 saturated carbocycles. The molecule has 1 N–H and O–H groups in total. The minimum absolute atomic E-state index is 0.0186. The van der Waals surface area contributed by atoms with Gasteiger partial charge in [-0.3, -0.25) is 9.59 Å². The Morgan fingerprint density at radius 1 is 1.10 bits per heavy atom. The number of hydrogen-bond donors (Lipinski definition) is 1. The summed E-state index contributed by atoms with van der Waals surface area (Å²) in [7, 11) is 0. The Hall–Kier alpha value is -3.02. The molecule has 4 rings (SSSR count). The number of amides is 2. The fourth-order valence-electron chi connectivity index (χ4n) is 4.07. The van der Waals surface area contributed by atoms with Crippen molar-refractivity contribution in [3.05, 3.63) is 59.7 Å². The molecule has 1 atom stereocenters. The van der Waals surface area contributed by atoms with Crippen LogP contribution in [0.5, 0.6) is 11.5 Å². The third-order valence-electron chi connectivity index (χ3n) is 5.87. The van der Waals surface area contributed by atoms with Gasteiger partial charge in [0, 0.05) is 13.1 Å². The first kappa shape index (κ1) is 20.3. The van der Waals surface area contributed by atoms with Crippen molar-refractivity contribution in [2.75, 3.05) is 19.9 Å². The molecule has 30 heavy (non-hydrogen) atoms. The van der Waals surface area contributed by atoms with E-state index in [9.17, 15) is 9.59 Å². The Bertz CT molecular complexity index is 926. The third-order valence-corrected chi connectivity index (χ3v) is 5.87. The van der Waals surface area contributed by atoms with Gasteiger partial charge >= 0.3 is 0 Å². The van der Waals surface area contributed by atoms with Gasteiger partial charge in [0.05, 0.1) is 17.9 Å². The average molecular weight is 408 g/mol. The lowest BCUT2D eigenvalue weighted by atomic mass is 9.91. The SMILES string of the molecule is CC(C)(NC(=O)C1CCCN(C(=O)Cc2ccccc2)C1)c1ccc2c(c1)OCO2. The lowest BCUT2D eigenvalue weighted by molar-refractivity contribution is -0.135. The summed E-state index contributed by atoms with van der Waals surface area (Å²) < 4.78 is 10.8. The molecule has 2 heterocycles. The molecule has 1 unspecified atom stereocenters. The molecular formula is C24H28N2O4. The first-order valence-corrected chi connectivity index (χ1v) is 10.5. The third kappa shape index (κ3) is 4.42. The van der Waals surface area contributed by atoms with Gasteiger partial charge in [-0.1, -0.05) is 36.4 Å². The molecule has 2 aromatic rings. The van der Waals surface area contributed by atoms with Gasteiger partial charge < -0.3 is 19.7 Å². The van der Waals surface area contributed by atoms with E-state index in [0.717, 1.165) is 29.7 Å². The minimum atomic E-state index is -0.561. The number of carbonyl (C=O) groups excluding carboxylic acids is 2. The molecule has 0 aliphatic carbocycles. The topological polar surface area (TPSA) is 67.9 Å². The fraction of sp³-hybridized carbons (Fsp3) is 0.417. The van der Waals surface area contributed by atoms with Crippen LogP contribution < -0.4 is 14.8 Å². The van der Waals surface area contributed by atoms with Gasteiger partial charge in [-0.15, -0.1) is 0 Å². The van der Waals surface area contributed by atoms with Crippen molar-refractivity contribution in [1.29, 1.82) is 0 Å². The van der Waals surface area contributed by atoms with E-state index in [1.807, 2.05) is 67.3 Å². The van der Waals surface area contributed by atoms with Gasteiger partial charge in [0.25, 0.3) is 0 Å². The first-order chi connectivity index (χ1) is 14.4. The Morgan fingerprint density at radius 3 is 2.67 bits per heavy atom. The number of nitrogens with zero attached hydrogens (tertiary/aromatic N) is 1. The second kappa shape index (κ2) is 8.38. The molecule has 2 aliphatic heterocycles. The van der Waals surface area contributed by atoms with Crippen LogP contribution in [0.4, 0.5) is 0 Å². The molecule has 0 radical (unpaired) electrons. The molecular weight excluding hydrogens is 380 g/mol. The van der Waals surface area contributed by atoms with E-state index in [-0.39, 0.29) is 24.5 Å². The molecule has 6 heteroatoms. The standard InChI is InChI=1S/C24H28N2O4/c1-24(2,19-10-11-20-21(14-19)30-16-29-20)25-23(28)18-9-6-12-26(15-18)22(27)13-17-7-4-3-5-8-17/h3-5,7-8,10-11,14,18H,6,9,12-13,15-16H2,1-2H3,(H,25,28). The van der Waals surface area contributed by atoms with E-state index < -0.39 is 5.54 Å². The predicted molar refractivity (Wildman–Crippen MR) is 113 cm³/mol. The van der Waals surface area contributed by atoms with Gasteiger partial charge in [0.2, 0.25) is 18.6 Å². The number of hydrogen-bond acceptors (Lipinski definition) is 4. The van der Waals surface area contributed by atoms with Crippen LogP contribution in [-0.2, 0) is 21.5 Å². The molecule has 0 spiro atoms. The highest BCUT2D eigenvalue weighted by Crippen LogP contribution is 2.35. The van der Waals surface area contributed by atoms with Crippen LogP contribution in [0.25, 0.3) is 0 Å². The summed E-state index contributed by atoms with van der Waals surface area (Å²) in [6, 6.07) is 15.5. The lowest BCUT2D eigenvalue weighted by Gasteiger charge is -2.35. The van der Waals surface area contributed by atoms with E-state index >= 15 is 0 Å². The van der Waals surface area contributed by atoms with Gasteiger partial charge in [-0.25, -0.2) is 0 Å². The summed E-state index contributed by atoms with van der Waals surface area (Å²) in [6.07, 6.45) is 2.00. The molecule has 1 saturated heterocycles. The number of likely N-dealkylation sites (tertiary alicyclic amines) is 1. The normalized spacial score (nSPS) is 18.2. The van der Waals surface area contributed by atoms with E-state index in [1.54, 1.807) is 0 Å². The molecule has 2 aliphatic rings.